The number of carbonyl (C=O) groups is 1. The Balaban J connectivity index is 2.20. The summed E-state index contributed by atoms with van der Waals surface area (Å²) in [6.07, 6.45) is 2.44. The van der Waals surface area contributed by atoms with Crippen LogP contribution in [0.1, 0.15) is 16.1 Å². The van der Waals surface area contributed by atoms with E-state index < -0.39 is 5.97 Å². The molecule has 1 N–H and O–H groups in total. The summed E-state index contributed by atoms with van der Waals surface area (Å²) in [6, 6.07) is 8.34. The van der Waals surface area contributed by atoms with Crippen LogP contribution in [-0.4, -0.2) is 21.0 Å². The summed E-state index contributed by atoms with van der Waals surface area (Å²) >= 11 is 0. The van der Waals surface area contributed by atoms with Crippen molar-refractivity contribution in [1.29, 1.82) is 5.26 Å². The molecule has 0 atom stereocenters. The Labute approximate surface area is 102 Å². The molecule has 0 radical (unpaired) electrons. The maximum Gasteiger partial charge on any atom is 0.356 e. The van der Waals surface area contributed by atoms with Gasteiger partial charge in [-0.25, -0.2) is 9.78 Å². The maximum absolute atomic E-state index is 10.7. The molecule has 2 aromatic rings. The van der Waals surface area contributed by atoms with E-state index in [9.17, 15) is 4.79 Å². The van der Waals surface area contributed by atoms with Gasteiger partial charge in [0.2, 0.25) is 5.88 Å². The van der Waals surface area contributed by atoms with Gasteiger partial charge in [0, 0.05) is 0 Å². The van der Waals surface area contributed by atoms with Gasteiger partial charge in [-0.15, -0.1) is 0 Å². The number of aromatic carboxylic acids is 1. The first-order valence-corrected chi connectivity index (χ1v) is 4.92. The lowest BCUT2D eigenvalue weighted by atomic mass is 10.2. The lowest BCUT2D eigenvalue weighted by Crippen LogP contribution is -2.02. The molecule has 0 bridgehead atoms. The second-order valence-electron chi connectivity index (χ2n) is 3.29. The zero-order chi connectivity index (χ0) is 13.0. The summed E-state index contributed by atoms with van der Waals surface area (Å²) in [7, 11) is 0. The highest BCUT2D eigenvalue weighted by molar-refractivity contribution is 5.84. The fourth-order valence-corrected chi connectivity index (χ4v) is 1.22. The summed E-state index contributed by atoms with van der Waals surface area (Å²) in [5, 5.41) is 17.4. The Morgan fingerprint density at radius 2 is 2.00 bits per heavy atom. The van der Waals surface area contributed by atoms with E-state index in [1.165, 1.54) is 6.20 Å². The minimum absolute atomic E-state index is 0.0830. The second kappa shape index (κ2) is 4.93. The SMILES string of the molecule is N#Cc1ccc(Oc2cncc(C(=O)O)n2)cc1. The van der Waals surface area contributed by atoms with Crippen LogP contribution in [0.5, 0.6) is 11.6 Å². The molecule has 6 nitrogen and oxygen atoms in total. The average molecular weight is 241 g/mol. The van der Waals surface area contributed by atoms with Crippen LogP contribution in [0.4, 0.5) is 0 Å². The van der Waals surface area contributed by atoms with E-state index in [1.54, 1.807) is 24.3 Å². The zero-order valence-corrected chi connectivity index (χ0v) is 9.07. The molecule has 0 saturated heterocycles. The molecule has 0 fully saturated rings. The van der Waals surface area contributed by atoms with Crippen LogP contribution in [0.15, 0.2) is 36.7 Å². The van der Waals surface area contributed by atoms with E-state index in [1.807, 2.05) is 6.07 Å². The molecule has 2 rings (SSSR count). The number of benzene rings is 1. The minimum atomic E-state index is -1.17. The molecule has 0 saturated carbocycles. The molecule has 18 heavy (non-hydrogen) atoms. The lowest BCUT2D eigenvalue weighted by Gasteiger charge is -2.04. The van der Waals surface area contributed by atoms with E-state index in [4.69, 9.17) is 15.1 Å². The predicted octanol–water partition coefficient (Wildman–Crippen LogP) is 1.84. The summed E-state index contributed by atoms with van der Waals surface area (Å²) in [5.74, 6) is -0.641. The van der Waals surface area contributed by atoms with Gasteiger partial charge in [0.05, 0.1) is 24.0 Å². The number of nitrogens with zero attached hydrogens (tertiary/aromatic N) is 3. The first-order valence-electron chi connectivity index (χ1n) is 4.92. The molecule has 1 aromatic carbocycles. The second-order valence-corrected chi connectivity index (χ2v) is 3.29. The summed E-state index contributed by atoms with van der Waals surface area (Å²) < 4.78 is 5.32. The van der Waals surface area contributed by atoms with Gasteiger partial charge in [0.15, 0.2) is 5.69 Å². The summed E-state index contributed by atoms with van der Waals surface area (Å²) in [6.45, 7) is 0. The van der Waals surface area contributed by atoms with E-state index in [2.05, 4.69) is 9.97 Å². The minimum Gasteiger partial charge on any atom is -0.476 e. The number of rotatable bonds is 3. The van der Waals surface area contributed by atoms with E-state index in [0.29, 0.717) is 11.3 Å². The highest BCUT2D eigenvalue weighted by atomic mass is 16.5. The third-order valence-electron chi connectivity index (χ3n) is 2.04. The first-order chi connectivity index (χ1) is 8.69. The van der Waals surface area contributed by atoms with Crippen molar-refractivity contribution in [2.75, 3.05) is 0 Å². The molecule has 0 unspecified atom stereocenters. The molecule has 1 aromatic heterocycles. The molecule has 1 heterocycles. The van der Waals surface area contributed by atoms with Crippen LogP contribution in [-0.2, 0) is 0 Å². The Morgan fingerprint density at radius 1 is 1.28 bits per heavy atom. The fraction of sp³-hybridized carbons (Fsp3) is 0. The molecular weight excluding hydrogens is 234 g/mol. The molecule has 0 aliphatic heterocycles. The molecule has 0 aliphatic carbocycles. The molecule has 88 valence electrons. The van der Waals surface area contributed by atoms with E-state index in [0.717, 1.165) is 6.20 Å². The molecule has 0 aliphatic rings. The van der Waals surface area contributed by atoms with Gasteiger partial charge >= 0.3 is 5.97 Å². The lowest BCUT2D eigenvalue weighted by molar-refractivity contribution is 0.0689. The van der Waals surface area contributed by atoms with Crippen molar-refractivity contribution in [3.63, 3.8) is 0 Å². The number of carboxylic acid groups (broad SMARTS) is 1. The number of nitriles is 1. The van der Waals surface area contributed by atoms with Gasteiger partial charge in [-0.05, 0) is 24.3 Å². The van der Waals surface area contributed by atoms with Crippen LogP contribution in [0, 0.1) is 11.3 Å². The van der Waals surface area contributed by atoms with Crippen molar-refractivity contribution in [2.45, 2.75) is 0 Å². The fourth-order valence-electron chi connectivity index (χ4n) is 1.22. The van der Waals surface area contributed by atoms with Crippen LogP contribution >= 0.6 is 0 Å². The third kappa shape index (κ3) is 2.59. The van der Waals surface area contributed by atoms with Crippen LogP contribution in [0.3, 0.4) is 0 Å². The van der Waals surface area contributed by atoms with Gasteiger partial charge < -0.3 is 9.84 Å². The smallest absolute Gasteiger partial charge is 0.356 e. The standard InChI is InChI=1S/C12H7N3O3/c13-5-8-1-3-9(4-2-8)18-11-7-14-6-10(15-11)12(16)17/h1-4,6-7H,(H,16,17). The van der Waals surface area contributed by atoms with Crippen LogP contribution in [0.2, 0.25) is 0 Å². The Morgan fingerprint density at radius 3 is 2.61 bits per heavy atom. The van der Waals surface area contributed by atoms with Crippen molar-refractivity contribution in [3.05, 3.63) is 47.9 Å². The van der Waals surface area contributed by atoms with Gasteiger partial charge in [-0.2, -0.15) is 5.26 Å². The number of hydrogen-bond acceptors (Lipinski definition) is 5. The Bertz CT molecular complexity index is 617. The molecule has 0 spiro atoms. The van der Waals surface area contributed by atoms with Crippen LogP contribution < -0.4 is 4.74 Å². The van der Waals surface area contributed by atoms with Gasteiger partial charge in [-0.1, -0.05) is 0 Å². The molecule has 6 heteroatoms. The predicted molar refractivity (Wildman–Crippen MR) is 60.2 cm³/mol. The average Bonchev–Trinajstić information content (AvgIpc) is 2.40. The van der Waals surface area contributed by atoms with Crippen molar-refractivity contribution < 1.29 is 14.6 Å². The normalized spacial score (nSPS) is 9.50. The number of aromatic nitrogens is 2. The topological polar surface area (TPSA) is 96.1 Å². The van der Waals surface area contributed by atoms with Gasteiger partial charge in [-0.3, -0.25) is 4.98 Å². The molecule has 0 amide bonds. The van der Waals surface area contributed by atoms with Crippen LogP contribution in [0.25, 0.3) is 0 Å². The highest BCUT2D eigenvalue weighted by Crippen LogP contribution is 2.19. The first kappa shape index (κ1) is 11.5. The summed E-state index contributed by atoms with van der Waals surface area (Å²) in [5.41, 5.74) is 0.314. The third-order valence-corrected chi connectivity index (χ3v) is 2.04. The number of carboxylic acids is 1. The van der Waals surface area contributed by atoms with E-state index >= 15 is 0 Å². The summed E-state index contributed by atoms with van der Waals surface area (Å²) in [4.78, 5) is 18.2. The highest BCUT2D eigenvalue weighted by Gasteiger charge is 2.07. The zero-order valence-electron chi connectivity index (χ0n) is 9.07. The quantitative estimate of drug-likeness (QED) is 0.880. The van der Waals surface area contributed by atoms with Crippen molar-refractivity contribution in [1.82, 2.24) is 9.97 Å². The van der Waals surface area contributed by atoms with Crippen molar-refractivity contribution >= 4 is 5.97 Å². The molecular formula is C12H7N3O3. The Hall–Kier alpha value is -2.94. The monoisotopic (exact) mass is 241 g/mol. The maximum atomic E-state index is 10.7. The van der Waals surface area contributed by atoms with Crippen molar-refractivity contribution in [3.8, 4) is 17.7 Å². The van der Waals surface area contributed by atoms with Crippen molar-refractivity contribution in [2.24, 2.45) is 0 Å². The van der Waals surface area contributed by atoms with Gasteiger partial charge in [0.1, 0.15) is 5.75 Å². The Kier molecular flexibility index (Phi) is 3.16. The number of ether oxygens (including phenoxy) is 1. The number of hydrogen-bond donors (Lipinski definition) is 1. The van der Waals surface area contributed by atoms with Gasteiger partial charge in [0.25, 0.3) is 0 Å². The largest absolute Gasteiger partial charge is 0.476 e. The van der Waals surface area contributed by atoms with E-state index in [-0.39, 0.29) is 11.6 Å².